The molecule has 0 radical (unpaired) electrons. The van der Waals surface area contributed by atoms with Crippen LogP contribution in [-0.2, 0) is 11.3 Å². The molecule has 3 rings (SSSR count). The highest BCUT2D eigenvalue weighted by Crippen LogP contribution is 2.35. The SMILES string of the molecule is COCc1c(C(=O)N2C[C@H](C)C[C@@H](C)C2)sc2cccc(F)c12. The van der Waals surface area contributed by atoms with Crippen LogP contribution in [0.1, 0.15) is 35.5 Å². The standard InChI is InChI=1S/C18H22FNO2S/c1-11-7-12(2)9-20(8-11)18(21)17-13(10-22-3)16-14(19)5-4-6-15(16)23-17/h4-6,11-12H,7-10H2,1-3H3/t11-,12-/m1/s1. The van der Waals surface area contributed by atoms with Gasteiger partial charge in [-0.25, -0.2) is 4.39 Å². The first kappa shape index (κ1) is 16.4. The summed E-state index contributed by atoms with van der Waals surface area (Å²) in [6.07, 6.45) is 1.15. The van der Waals surface area contributed by atoms with E-state index in [2.05, 4.69) is 13.8 Å². The Bertz CT molecular complexity index is 717. The molecule has 1 saturated heterocycles. The van der Waals surface area contributed by atoms with Crippen molar-refractivity contribution in [2.45, 2.75) is 26.9 Å². The largest absolute Gasteiger partial charge is 0.380 e. The number of likely N-dealkylation sites (tertiary alicyclic amines) is 1. The van der Waals surface area contributed by atoms with Crippen LogP contribution in [0.3, 0.4) is 0 Å². The van der Waals surface area contributed by atoms with Crippen LogP contribution in [0.2, 0.25) is 0 Å². The molecular weight excluding hydrogens is 313 g/mol. The number of amides is 1. The van der Waals surface area contributed by atoms with Crippen LogP contribution in [0.5, 0.6) is 0 Å². The second-order valence-corrected chi connectivity index (χ2v) is 7.66. The van der Waals surface area contributed by atoms with Gasteiger partial charge in [0.2, 0.25) is 0 Å². The maximum absolute atomic E-state index is 14.2. The summed E-state index contributed by atoms with van der Waals surface area (Å²) in [7, 11) is 1.57. The number of fused-ring (bicyclic) bond motifs is 1. The van der Waals surface area contributed by atoms with Gasteiger partial charge in [0.25, 0.3) is 5.91 Å². The molecule has 0 spiro atoms. The molecule has 0 unspecified atom stereocenters. The predicted molar refractivity (Wildman–Crippen MR) is 91.3 cm³/mol. The van der Waals surface area contributed by atoms with Gasteiger partial charge < -0.3 is 9.64 Å². The first-order valence-corrected chi connectivity index (χ1v) is 8.81. The van der Waals surface area contributed by atoms with Gasteiger partial charge in [-0.2, -0.15) is 0 Å². The number of hydrogen-bond acceptors (Lipinski definition) is 3. The fourth-order valence-electron chi connectivity index (χ4n) is 3.59. The summed E-state index contributed by atoms with van der Waals surface area (Å²) in [5, 5.41) is 0.529. The van der Waals surface area contributed by atoms with Crippen molar-refractivity contribution in [2.75, 3.05) is 20.2 Å². The van der Waals surface area contributed by atoms with Crippen molar-refractivity contribution in [3.63, 3.8) is 0 Å². The first-order valence-electron chi connectivity index (χ1n) is 7.99. The minimum Gasteiger partial charge on any atom is -0.380 e. The Labute approximate surface area is 140 Å². The maximum atomic E-state index is 14.2. The lowest BCUT2D eigenvalue weighted by Gasteiger charge is -2.35. The van der Waals surface area contributed by atoms with Gasteiger partial charge in [-0.1, -0.05) is 19.9 Å². The highest BCUT2D eigenvalue weighted by Gasteiger charge is 2.29. The highest BCUT2D eigenvalue weighted by molar-refractivity contribution is 7.21. The van der Waals surface area contributed by atoms with Crippen molar-refractivity contribution in [3.05, 3.63) is 34.5 Å². The van der Waals surface area contributed by atoms with Gasteiger partial charge in [0.15, 0.2) is 0 Å². The summed E-state index contributed by atoms with van der Waals surface area (Å²) in [6, 6.07) is 4.98. The van der Waals surface area contributed by atoms with E-state index in [1.54, 1.807) is 13.2 Å². The molecule has 23 heavy (non-hydrogen) atoms. The molecule has 2 heterocycles. The molecule has 3 nitrogen and oxygen atoms in total. The molecule has 0 N–H and O–H groups in total. The normalized spacial score (nSPS) is 21.8. The average molecular weight is 335 g/mol. The van der Waals surface area contributed by atoms with Crippen molar-refractivity contribution in [1.29, 1.82) is 0 Å². The van der Waals surface area contributed by atoms with Crippen molar-refractivity contribution >= 4 is 27.3 Å². The molecule has 1 aliphatic rings. The lowest BCUT2D eigenvalue weighted by atomic mass is 9.91. The third kappa shape index (κ3) is 3.12. The zero-order chi connectivity index (χ0) is 16.6. The van der Waals surface area contributed by atoms with Crippen LogP contribution in [-0.4, -0.2) is 31.0 Å². The van der Waals surface area contributed by atoms with Crippen LogP contribution in [0.15, 0.2) is 18.2 Å². The number of methoxy groups -OCH3 is 1. The van der Waals surface area contributed by atoms with Crippen molar-refractivity contribution < 1.29 is 13.9 Å². The van der Waals surface area contributed by atoms with Crippen molar-refractivity contribution in [1.82, 2.24) is 4.90 Å². The Kier molecular flexibility index (Phi) is 4.69. The Morgan fingerprint density at radius 3 is 2.70 bits per heavy atom. The van der Waals surface area contributed by atoms with E-state index >= 15 is 0 Å². The molecule has 0 aliphatic carbocycles. The Hall–Kier alpha value is -1.46. The molecule has 1 amide bonds. The van der Waals surface area contributed by atoms with E-state index in [4.69, 9.17) is 4.74 Å². The number of hydrogen-bond donors (Lipinski definition) is 0. The van der Waals surface area contributed by atoms with Gasteiger partial charge in [-0.3, -0.25) is 4.79 Å². The quantitative estimate of drug-likeness (QED) is 0.837. The van der Waals surface area contributed by atoms with Gasteiger partial charge in [0.05, 0.1) is 11.5 Å². The second-order valence-electron chi connectivity index (χ2n) is 6.61. The predicted octanol–water partition coefficient (Wildman–Crippen LogP) is 4.30. The number of rotatable bonds is 3. The van der Waals surface area contributed by atoms with Gasteiger partial charge in [0.1, 0.15) is 5.82 Å². The van der Waals surface area contributed by atoms with Crippen LogP contribution >= 0.6 is 11.3 Å². The van der Waals surface area contributed by atoms with Crippen LogP contribution in [0.25, 0.3) is 10.1 Å². The van der Waals surface area contributed by atoms with Crippen LogP contribution < -0.4 is 0 Å². The van der Waals surface area contributed by atoms with E-state index in [1.807, 2.05) is 11.0 Å². The van der Waals surface area contributed by atoms with Crippen LogP contribution in [0, 0.1) is 17.7 Å². The van der Waals surface area contributed by atoms with Gasteiger partial charge in [0, 0.05) is 35.8 Å². The number of nitrogens with zero attached hydrogens (tertiary/aromatic N) is 1. The highest BCUT2D eigenvalue weighted by atomic mass is 32.1. The topological polar surface area (TPSA) is 29.5 Å². The number of piperidine rings is 1. The van der Waals surface area contributed by atoms with Crippen molar-refractivity contribution in [3.8, 4) is 0 Å². The zero-order valence-corrected chi connectivity index (χ0v) is 14.6. The average Bonchev–Trinajstić information content (AvgIpc) is 2.86. The number of halogens is 1. The number of ether oxygens (including phenoxy) is 1. The molecule has 2 atom stereocenters. The Morgan fingerprint density at radius 2 is 2.04 bits per heavy atom. The molecular formula is C18H22FNO2S. The van der Waals surface area contributed by atoms with E-state index < -0.39 is 0 Å². The molecule has 124 valence electrons. The molecule has 0 bridgehead atoms. The lowest BCUT2D eigenvalue weighted by molar-refractivity contribution is 0.0624. The Balaban J connectivity index is 2.03. The Morgan fingerprint density at radius 1 is 1.35 bits per heavy atom. The first-order chi connectivity index (χ1) is 11.0. The van der Waals surface area contributed by atoms with Crippen molar-refractivity contribution in [2.24, 2.45) is 11.8 Å². The molecule has 2 aromatic rings. The van der Waals surface area contributed by atoms with E-state index in [9.17, 15) is 9.18 Å². The van der Waals surface area contributed by atoms with Gasteiger partial charge in [-0.15, -0.1) is 11.3 Å². The zero-order valence-electron chi connectivity index (χ0n) is 13.8. The number of carbonyl (C=O) groups is 1. The third-order valence-electron chi connectivity index (χ3n) is 4.40. The summed E-state index contributed by atoms with van der Waals surface area (Å²) in [5.41, 5.74) is 0.682. The summed E-state index contributed by atoms with van der Waals surface area (Å²) in [4.78, 5) is 15.6. The summed E-state index contributed by atoms with van der Waals surface area (Å²) < 4.78 is 20.3. The fourth-order valence-corrected chi connectivity index (χ4v) is 4.78. The van der Waals surface area contributed by atoms with E-state index in [0.717, 1.165) is 24.2 Å². The maximum Gasteiger partial charge on any atom is 0.264 e. The molecule has 0 saturated carbocycles. The minimum absolute atomic E-state index is 0.0102. The number of thiophene rings is 1. The molecule has 1 aromatic heterocycles. The number of carbonyl (C=O) groups excluding carboxylic acids is 1. The molecule has 1 aromatic carbocycles. The van der Waals surface area contributed by atoms with E-state index in [0.29, 0.717) is 27.7 Å². The summed E-state index contributed by atoms with van der Waals surface area (Å²) in [5.74, 6) is 0.723. The minimum atomic E-state index is -0.287. The third-order valence-corrected chi connectivity index (χ3v) is 5.59. The van der Waals surface area contributed by atoms with Gasteiger partial charge >= 0.3 is 0 Å². The second kappa shape index (κ2) is 6.57. The van der Waals surface area contributed by atoms with E-state index in [1.165, 1.54) is 17.4 Å². The molecule has 1 aliphatic heterocycles. The smallest absolute Gasteiger partial charge is 0.264 e. The number of benzene rings is 1. The lowest BCUT2D eigenvalue weighted by Crippen LogP contribution is -2.42. The monoisotopic (exact) mass is 335 g/mol. The van der Waals surface area contributed by atoms with E-state index in [-0.39, 0.29) is 18.3 Å². The molecule has 1 fully saturated rings. The van der Waals surface area contributed by atoms with Crippen LogP contribution in [0.4, 0.5) is 4.39 Å². The van der Waals surface area contributed by atoms with Gasteiger partial charge in [-0.05, 0) is 30.4 Å². The summed E-state index contributed by atoms with van der Waals surface area (Å²) in [6.45, 7) is 6.15. The fraction of sp³-hybridized carbons (Fsp3) is 0.500. The molecule has 5 heteroatoms. The summed E-state index contributed by atoms with van der Waals surface area (Å²) >= 11 is 1.37.